The maximum Gasteiger partial charge on any atom is 0.336 e. The monoisotopic (exact) mass is 281 g/mol. The smallest absolute Gasteiger partial charge is 0.336 e. The van der Waals surface area contributed by atoms with Gasteiger partial charge in [-0.3, -0.25) is 4.90 Å². The van der Waals surface area contributed by atoms with Crippen LogP contribution in [-0.2, 0) is 6.54 Å². The van der Waals surface area contributed by atoms with Crippen LogP contribution < -0.4 is 0 Å². The molecule has 1 N–H and O–H groups in total. The quantitative estimate of drug-likeness (QED) is 0.829. The van der Waals surface area contributed by atoms with Crippen LogP contribution >= 0.6 is 0 Å². The van der Waals surface area contributed by atoms with Crippen molar-refractivity contribution in [3.8, 4) is 0 Å². The van der Waals surface area contributed by atoms with Gasteiger partial charge < -0.3 is 5.11 Å². The lowest BCUT2D eigenvalue weighted by Gasteiger charge is -2.26. The molecule has 0 aliphatic rings. The summed E-state index contributed by atoms with van der Waals surface area (Å²) in [5.74, 6) is -0.580. The summed E-state index contributed by atoms with van der Waals surface area (Å²) in [6.45, 7) is 10.9. The van der Waals surface area contributed by atoms with E-state index >= 15 is 0 Å². The highest BCUT2D eigenvalue weighted by atomic mass is 19.1. The minimum Gasteiger partial charge on any atom is -0.478 e. The second-order valence-electron chi connectivity index (χ2n) is 6.09. The highest BCUT2D eigenvalue weighted by molar-refractivity contribution is 5.89. The van der Waals surface area contributed by atoms with E-state index in [4.69, 9.17) is 0 Å². The lowest BCUT2D eigenvalue weighted by Crippen LogP contribution is -2.31. The van der Waals surface area contributed by atoms with Crippen molar-refractivity contribution in [1.29, 1.82) is 0 Å². The van der Waals surface area contributed by atoms with Crippen molar-refractivity contribution in [2.75, 3.05) is 13.1 Å². The number of halogens is 1. The minimum absolute atomic E-state index is 0.0579. The van der Waals surface area contributed by atoms with Crippen LogP contribution in [0.25, 0.3) is 0 Å². The molecule has 0 fully saturated rings. The van der Waals surface area contributed by atoms with Gasteiger partial charge in [-0.15, -0.1) is 0 Å². The summed E-state index contributed by atoms with van der Waals surface area (Å²) in [5, 5.41) is 9.18. The lowest BCUT2D eigenvalue weighted by molar-refractivity contribution is 0.0693. The fraction of sp³-hybridized carbons (Fsp3) is 0.562. The predicted molar refractivity (Wildman–Crippen MR) is 78.3 cm³/mol. The molecule has 4 heteroatoms. The third kappa shape index (κ3) is 5.29. The van der Waals surface area contributed by atoms with Gasteiger partial charge in [-0.2, -0.15) is 0 Å². The Bertz CT molecular complexity index is 448. The van der Waals surface area contributed by atoms with Crippen molar-refractivity contribution in [3.05, 3.63) is 35.1 Å². The first-order valence-electron chi connectivity index (χ1n) is 7.03. The Morgan fingerprint density at radius 1 is 1.20 bits per heavy atom. The number of nitrogens with zero attached hydrogens (tertiary/aromatic N) is 1. The lowest BCUT2D eigenvalue weighted by atomic mass is 10.0. The van der Waals surface area contributed by atoms with Crippen LogP contribution in [0.4, 0.5) is 4.39 Å². The van der Waals surface area contributed by atoms with Crippen LogP contribution in [0.2, 0.25) is 0 Å². The van der Waals surface area contributed by atoms with E-state index in [9.17, 15) is 14.3 Å². The standard InChI is InChI=1S/C16H24FNO2/c1-11(2)8-18(9-12(3)4)10-13-5-6-14(17)7-15(13)16(19)20/h5-7,11-12H,8-10H2,1-4H3,(H,19,20). The third-order valence-corrected chi connectivity index (χ3v) is 2.94. The highest BCUT2D eigenvalue weighted by Gasteiger charge is 2.16. The van der Waals surface area contributed by atoms with Crippen molar-refractivity contribution in [1.82, 2.24) is 4.90 Å². The first kappa shape index (κ1) is 16.6. The Balaban J connectivity index is 2.94. The predicted octanol–water partition coefficient (Wildman–Crippen LogP) is 3.64. The molecule has 1 aromatic rings. The number of benzene rings is 1. The van der Waals surface area contributed by atoms with E-state index < -0.39 is 11.8 Å². The maximum atomic E-state index is 13.2. The summed E-state index contributed by atoms with van der Waals surface area (Å²) >= 11 is 0. The fourth-order valence-corrected chi connectivity index (χ4v) is 2.36. The van der Waals surface area contributed by atoms with E-state index in [1.165, 1.54) is 6.07 Å². The maximum absolute atomic E-state index is 13.2. The van der Waals surface area contributed by atoms with Gasteiger partial charge in [0, 0.05) is 19.6 Å². The molecule has 3 nitrogen and oxygen atoms in total. The number of hydrogen-bond donors (Lipinski definition) is 1. The molecular formula is C16H24FNO2. The van der Waals surface area contributed by atoms with Crippen molar-refractivity contribution >= 4 is 5.97 Å². The largest absolute Gasteiger partial charge is 0.478 e. The van der Waals surface area contributed by atoms with Gasteiger partial charge in [0.25, 0.3) is 0 Å². The molecule has 0 unspecified atom stereocenters. The topological polar surface area (TPSA) is 40.5 Å². The van der Waals surface area contributed by atoms with E-state index in [2.05, 4.69) is 32.6 Å². The summed E-state index contributed by atoms with van der Waals surface area (Å²) in [6, 6.07) is 4.00. The molecule has 0 heterocycles. The third-order valence-electron chi connectivity index (χ3n) is 2.94. The Labute approximate surface area is 120 Å². The molecule has 0 saturated heterocycles. The first-order chi connectivity index (χ1) is 9.29. The fourth-order valence-electron chi connectivity index (χ4n) is 2.36. The number of carboxylic acids is 1. The molecule has 0 saturated carbocycles. The van der Waals surface area contributed by atoms with E-state index in [-0.39, 0.29) is 5.56 Å². The number of rotatable bonds is 7. The summed E-state index contributed by atoms with van der Waals surface area (Å²) in [6.07, 6.45) is 0. The van der Waals surface area contributed by atoms with Crippen LogP contribution in [0.5, 0.6) is 0 Å². The zero-order chi connectivity index (χ0) is 15.3. The minimum atomic E-state index is -1.08. The van der Waals surface area contributed by atoms with E-state index in [0.29, 0.717) is 23.9 Å². The van der Waals surface area contributed by atoms with Crippen LogP contribution in [0, 0.1) is 17.7 Å². The zero-order valence-electron chi connectivity index (χ0n) is 12.7. The molecule has 0 aliphatic heterocycles. The molecular weight excluding hydrogens is 257 g/mol. The highest BCUT2D eigenvalue weighted by Crippen LogP contribution is 2.16. The van der Waals surface area contributed by atoms with Crippen molar-refractivity contribution < 1.29 is 14.3 Å². The van der Waals surface area contributed by atoms with Gasteiger partial charge >= 0.3 is 5.97 Å². The Morgan fingerprint density at radius 3 is 2.20 bits per heavy atom. The first-order valence-corrected chi connectivity index (χ1v) is 7.03. The molecule has 20 heavy (non-hydrogen) atoms. The summed E-state index contributed by atoms with van der Waals surface area (Å²) in [5.41, 5.74) is 0.725. The van der Waals surface area contributed by atoms with Gasteiger partial charge in [0.05, 0.1) is 5.56 Å². The Morgan fingerprint density at radius 2 is 1.75 bits per heavy atom. The Hall–Kier alpha value is -1.42. The molecule has 0 atom stereocenters. The normalized spacial score (nSPS) is 11.6. The molecule has 1 rings (SSSR count). The van der Waals surface area contributed by atoms with Crippen LogP contribution in [0.15, 0.2) is 18.2 Å². The van der Waals surface area contributed by atoms with Gasteiger partial charge in [0.1, 0.15) is 5.82 Å². The van der Waals surface area contributed by atoms with Crippen LogP contribution in [0.3, 0.4) is 0 Å². The molecule has 112 valence electrons. The molecule has 0 spiro atoms. The summed E-state index contributed by atoms with van der Waals surface area (Å²) < 4.78 is 13.2. The van der Waals surface area contributed by atoms with Crippen molar-refractivity contribution in [2.45, 2.75) is 34.2 Å². The molecule has 0 amide bonds. The number of carboxylic acid groups (broad SMARTS) is 1. The average Bonchev–Trinajstić information content (AvgIpc) is 2.29. The molecule has 1 aromatic carbocycles. The molecule has 0 aromatic heterocycles. The molecule has 0 aliphatic carbocycles. The summed E-state index contributed by atoms with van der Waals surface area (Å²) in [4.78, 5) is 13.4. The molecule has 0 bridgehead atoms. The van der Waals surface area contributed by atoms with E-state index in [0.717, 1.165) is 19.2 Å². The van der Waals surface area contributed by atoms with Gasteiger partial charge in [0.15, 0.2) is 0 Å². The van der Waals surface area contributed by atoms with Crippen molar-refractivity contribution in [2.24, 2.45) is 11.8 Å². The Kier molecular flexibility index (Phi) is 6.14. The zero-order valence-corrected chi connectivity index (χ0v) is 12.7. The van der Waals surface area contributed by atoms with Crippen LogP contribution in [-0.4, -0.2) is 29.1 Å². The van der Waals surface area contributed by atoms with Gasteiger partial charge in [-0.05, 0) is 29.5 Å². The molecule has 0 radical (unpaired) electrons. The number of carbonyl (C=O) groups is 1. The second-order valence-corrected chi connectivity index (χ2v) is 6.09. The number of hydrogen-bond acceptors (Lipinski definition) is 2. The van der Waals surface area contributed by atoms with Gasteiger partial charge in [-0.25, -0.2) is 9.18 Å². The SMILES string of the molecule is CC(C)CN(Cc1ccc(F)cc1C(=O)O)CC(C)C. The van der Waals surface area contributed by atoms with E-state index in [1.54, 1.807) is 6.07 Å². The van der Waals surface area contributed by atoms with Gasteiger partial charge in [-0.1, -0.05) is 33.8 Å². The van der Waals surface area contributed by atoms with E-state index in [1.807, 2.05) is 0 Å². The second kappa shape index (κ2) is 7.39. The summed E-state index contributed by atoms with van der Waals surface area (Å²) in [7, 11) is 0. The van der Waals surface area contributed by atoms with Gasteiger partial charge in [0.2, 0.25) is 0 Å². The number of aromatic carboxylic acids is 1. The average molecular weight is 281 g/mol. The van der Waals surface area contributed by atoms with Crippen LogP contribution in [0.1, 0.15) is 43.6 Å². The van der Waals surface area contributed by atoms with Crippen molar-refractivity contribution in [3.63, 3.8) is 0 Å².